The van der Waals surface area contributed by atoms with Crippen LogP contribution in [0.2, 0.25) is 0 Å². The molecule has 0 bridgehead atoms. The zero-order chi connectivity index (χ0) is 15.6. The smallest absolute Gasteiger partial charge is 0.223 e. The quantitative estimate of drug-likeness (QED) is 0.794. The fourth-order valence-corrected chi connectivity index (χ4v) is 2.90. The first-order valence-electron chi connectivity index (χ1n) is 7.93. The van der Waals surface area contributed by atoms with E-state index in [1.165, 1.54) is 0 Å². The molecule has 4 rings (SSSR count). The van der Waals surface area contributed by atoms with Crippen molar-refractivity contribution in [3.05, 3.63) is 36.2 Å². The van der Waals surface area contributed by atoms with E-state index in [0.717, 1.165) is 53.9 Å². The fraction of sp³-hybridized carbons (Fsp3) is 0.353. The molecule has 3 heterocycles. The van der Waals surface area contributed by atoms with Gasteiger partial charge in [-0.15, -0.1) is 0 Å². The number of nitrogens with one attached hydrogen (secondary N) is 1. The molecule has 0 radical (unpaired) electrons. The monoisotopic (exact) mass is 310 g/mol. The molecule has 1 aromatic carbocycles. The molecule has 1 N–H and O–H groups in total. The summed E-state index contributed by atoms with van der Waals surface area (Å²) in [6.45, 7) is 3.59. The van der Waals surface area contributed by atoms with Crippen LogP contribution in [0.4, 0.5) is 5.95 Å². The maximum Gasteiger partial charge on any atom is 0.223 e. The van der Waals surface area contributed by atoms with Gasteiger partial charge in [0.1, 0.15) is 11.6 Å². The number of fused-ring (bicyclic) bond motifs is 1. The molecule has 0 spiro atoms. The van der Waals surface area contributed by atoms with Crippen LogP contribution in [-0.4, -0.2) is 28.3 Å². The molecule has 6 nitrogen and oxygen atoms in total. The van der Waals surface area contributed by atoms with Crippen molar-refractivity contribution in [2.45, 2.75) is 25.9 Å². The van der Waals surface area contributed by atoms with Crippen LogP contribution in [0.25, 0.3) is 22.2 Å². The summed E-state index contributed by atoms with van der Waals surface area (Å²) in [7, 11) is 0. The molecule has 2 aromatic heterocycles. The Kier molecular flexibility index (Phi) is 3.67. The number of hydrogen-bond donors (Lipinski definition) is 1. The normalized spacial score (nSPS) is 17.7. The van der Waals surface area contributed by atoms with E-state index in [1.54, 1.807) is 6.20 Å². The molecule has 0 amide bonds. The molecule has 1 aliphatic rings. The van der Waals surface area contributed by atoms with E-state index in [4.69, 9.17) is 9.26 Å². The molecule has 0 aliphatic carbocycles. The third-order valence-corrected chi connectivity index (χ3v) is 4.01. The van der Waals surface area contributed by atoms with Crippen LogP contribution in [0.3, 0.4) is 0 Å². The third-order valence-electron chi connectivity index (χ3n) is 4.01. The molecule has 1 unspecified atom stereocenters. The zero-order valence-corrected chi connectivity index (χ0v) is 13.0. The number of anilines is 1. The van der Waals surface area contributed by atoms with Crippen LogP contribution in [0.15, 0.2) is 35.0 Å². The number of nitrogens with zero attached hydrogens (tertiary/aromatic N) is 3. The summed E-state index contributed by atoms with van der Waals surface area (Å²) in [5.41, 5.74) is 2.74. The van der Waals surface area contributed by atoms with Crippen LogP contribution >= 0.6 is 0 Å². The van der Waals surface area contributed by atoms with E-state index < -0.39 is 0 Å². The first kappa shape index (κ1) is 14.1. The second-order valence-electron chi connectivity index (χ2n) is 5.58. The summed E-state index contributed by atoms with van der Waals surface area (Å²) >= 11 is 0. The van der Waals surface area contributed by atoms with Crippen LogP contribution in [0, 0.1) is 0 Å². The Morgan fingerprint density at radius 3 is 3.09 bits per heavy atom. The number of ether oxygens (including phenoxy) is 1. The molecule has 0 saturated carbocycles. The van der Waals surface area contributed by atoms with Crippen molar-refractivity contribution in [1.82, 2.24) is 15.1 Å². The Balaban J connectivity index is 1.75. The highest BCUT2D eigenvalue weighted by Crippen LogP contribution is 2.35. The molecule has 1 fully saturated rings. The van der Waals surface area contributed by atoms with Gasteiger partial charge in [0.15, 0.2) is 5.76 Å². The number of aromatic nitrogens is 3. The average molecular weight is 310 g/mol. The first-order valence-corrected chi connectivity index (χ1v) is 7.93. The SMILES string of the molecule is CCNc1nccc(-c2ccc3noc(C4CCCO4)c3c2)n1. The third kappa shape index (κ3) is 2.66. The summed E-state index contributed by atoms with van der Waals surface area (Å²) in [6, 6.07) is 7.94. The number of hydrogen-bond acceptors (Lipinski definition) is 6. The Bertz CT molecular complexity index is 824. The predicted molar refractivity (Wildman–Crippen MR) is 87.1 cm³/mol. The maximum absolute atomic E-state index is 5.73. The first-order chi connectivity index (χ1) is 11.3. The van der Waals surface area contributed by atoms with E-state index in [-0.39, 0.29) is 6.10 Å². The van der Waals surface area contributed by atoms with Crippen LogP contribution < -0.4 is 5.32 Å². The van der Waals surface area contributed by atoms with Crippen molar-refractivity contribution in [1.29, 1.82) is 0 Å². The van der Waals surface area contributed by atoms with Gasteiger partial charge in [0.25, 0.3) is 0 Å². The summed E-state index contributed by atoms with van der Waals surface area (Å²) in [4.78, 5) is 8.76. The van der Waals surface area contributed by atoms with Crippen LogP contribution in [-0.2, 0) is 4.74 Å². The predicted octanol–water partition coefficient (Wildman–Crippen LogP) is 3.57. The fourth-order valence-electron chi connectivity index (χ4n) is 2.90. The molecule has 1 atom stereocenters. The highest BCUT2D eigenvalue weighted by atomic mass is 16.5. The van der Waals surface area contributed by atoms with Crippen LogP contribution in [0.5, 0.6) is 0 Å². The van der Waals surface area contributed by atoms with Gasteiger partial charge in [-0.3, -0.25) is 0 Å². The molecule has 3 aromatic rings. The van der Waals surface area contributed by atoms with Gasteiger partial charge in [0.2, 0.25) is 5.95 Å². The maximum atomic E-state index is 5.73. The van der Waals surface area contributed by atoms with Crippen LogP contribution in [0.1, 0.15) is 31.6 Å². The second kappa shape index (κ2) is 5.96. The van der Waals surface area contributed by atoms with Crippen molar-refractivity contribution < 1.29 is 9.26 Å². The van der Waals surface area contributed by atoms with Gasteiger partial charge < -0.3 is 14.6 Å². The van der Waals surface area contributed by atoms with E-state index in [9.17, 15) is 0 Å². The molecular weight excluding hydrogens is 292 g/mol. The molecule has 1 saturated heterocycles. The Morgan fingerprint density at radius 1 is 1.30 bits per heavy atom. The topological polar surface area (TPSA) is 73.1 Å². The minimum Gasteiger partial charge on any atom is -0.370 e. The standard InChI is InChI=1S/C17H18N4O2/c1-2-18-17-19-8-7-13(20-17)11-5-6-14-12(10-11)16(23-21-14)15-4-3-9-22-15/h5-8,10,15H,2-4,9H2,1H3,(H,18,19,20). The zero-order valence-electron chi connectivity index (χ0n) is 13.0. The lowest BCUT2D eigenvalue weighted by atomic mass is 10.1. The van der Waals surface area contributed by atoms with Gasteiger partial charge in [-0.2, -0.15) is 0 Å². The Hall–Kier alpha value is -2.47. The van der Waals surface area contributed by atoms with E-state index in [0.29, 0.717) is 5.95 Å². The van der Waals surface area contributed by atoms with Gasteiger partial charge in [-0.05, 0) is 38.0 Å². The molecule has 1 aliphatic heterocycles. The van der Waals surface area contributed by atoms with Gasteiger partial charge >= 0.3 is 0 Å². The van der Waals surface area contributed by atoms with Crippen molar-refractivity contribution in [3.63, 3.8) is 0 Å². The Labute approximate surface area is 133 Å². The van der Waals surface area contributed by atoms with Crippen molar-refractivity contribution in [2.24, 2.45) is 0 Å². The average Bonchev–Trinajstić information content (AvgIpc) is 3.24. The van der Waals surface area contributed by atoms with Crippen molar-refractivity contribution >= 4 is 16.9 Å². The highest BCUT2D eigenvalue weighted by molar-refractivity contribution is 5.85. The van der Waals surface area contributed by atoms with E-state index in [2.05, 4.69) is 26.5 Å². The summed E-state index contributed by atoms with van der Waals surface area (Å²) < 4.78 is 11.3. The summed E-state index contributed by atoms with van der Waals surface area (Å²) in [5.74, 6) is 1.45. The highest BCUT2D eigenvalue weighted by Gasteiger charge is 2.24. The van der Waals surface area contributed by atoms with E-state index >= 15 is 0 Å². The van der Waals surface area contributed by atoms with Gasteiger partial charge in [0, 0.05) is 30.3 Å². The summed E-state index contributed by atoms with van der Waals surface area (Å²) in [5, 5.41) is 8.28. The van der Waals surface area contributed by atoms with Gasteiger partial charge in [0.05, 0.1) is 5.69 Å². The largest absolute Gasteiger partial charge is 0.370 e. The minimum absolute atomic E-state index is 0.0120. The Morgan fingerprint density at radius 2 is 2.26 bits per heavy atom. The minimum atomic E-state index is 0.0120. The van der Waals surface area contributed by atoms with Gasteiger partial charge in [-0.1, -0.05) is 11.2 Å². The number of benzene rings is 1. The lowest BCUT2D eigenvalue weighted by Crippen LogP contribution is -2.02. The lowest BCUT2D eigenvalue weighted by molar-refractivity contribution is 0.0893. The number of rotatable bonds is 4. The second-order valence-corrected chi connectivity index (χ2v) is 5.58. The van der Waals surface area contributed by atoms with Crippen molar-refractivity contribution in [2.75, 3.05) is 18.5 Å². The molecule has 118 valence electrons. The lowest BCUT2D eigenvalue weighted by Gasteiger charge is -2.06. The van der Waals surface area contributed by atoms with Gasteiger partial charge in [-0.25, -0.2) is 9.97 Å². The molecular formula is C17H18N4O2. The molecule has 23 heavy (non-hydrogen) atoms. The molecule has 6 heteroatoms. The summed E-state index contributed by atoms with van der Waals surface area (Å²) in [6.07, 6.45) is 3.81. The van der Waals surface area contributed by atoms with E-state index in [1.807, 2.05) is 25.1 Å². The van der Waals surface area contributed by atoms with Crippen molar-refractivity contribution in [3.8, 4) is 11.3 Å².